The summed E-state index contributed by atoms with van der Waals surface area (Å²) in [5.74, 6) is 0. The van der Waals surface area contributed by atoms with Gasteiger partial charge in [-0.25, -0.2) is 13.1 Å². The van der Waals surface area contributed by atoms with Crippen LogP contribution in [-0.4, -0.2) is 39.5 Å². The van der Waals surface area contributed by atoms with Crippen LogP contribution in [0.5, 0.6) is 0 Å². The van der Waals surface area contributed by atoms with Gasteiger partial charge in [-0.1, -0.05) is 0 Å². The van der Waals surface area contributed by atoms with Crippen molar-refractivity contribution in [3.8, 4) is 0 Å². The molecule has 1 fully saturated rings. The van der Waals surface area contributed by atoms with Gasteiger partial charge in [0.05, 0.1) is 4.90 Å². The van der Waals surface area contributed by atoms with E-state index in [2.05, 4.69) is 9.62 Å². The van der Waals surface area contributed by atoms with Gasteiger partial charge in [-0.05, 0) is 57.2 Å². The van der Waals surface area contributed by atoms with Crippen LogP contribution >= 0.6 is 0 Å². The number of nitrogens with zero attached hydrogens (tertiary/aromatic N) is 1. The van der Waals surface area contributed by atoms with Gasteiger partial charge in [-0.15, -0.1) is 0 Å². The van der Waals surface area contributed by atoms with Crippen molar-refractivity contribution < 1.29 is 8.42 Å². The number of rotatable bonds is 3. The predicted octanol–water partition coefficient (Wildman–Crippen LogP) is 0.641. The summed E-state index contributed by atoms with van der Waals surface area (Å²) < 4.78 is 27.0. The maximum Gasteiger partial charge on any atom is 0.240 e. The zero-order valence-corrected chi connectivity index (χ0v) is 11.3. The van der Waals surface area contributed by atoms with Crippen molar-refractivity contribution in [2.75, 3.05) is 25.9 Å². The summed E-state index contributed by atoms with van der Waals surface area (Å²) in [5, 5.41) is 0. The van der Waals surface area contributed by atoms with Crippen LogP contribution in [0.2, 0.25) is 0 Å². The van der Waals surface area contributed by atoms with E-state index < -0.39 is 10.0 Å². The van der Waals surface area contributed by atoms with E-state index in [0.29, 0.717) is 5.69 Å². The molecule has 0 bridgehead atoms. The smallest absolute Gasteiger partial charge is 0.240 e. The Balaban J connectivity index is 2.05. The minimum absolute atomic E-state index is 0.0313. The van der Waals surface area contributed by atoms with Crippen molar-refractivity contribution in [2.45, 2.75) is 23.8 Å². The summed E-state index contributed by atoms with van der Waals surface area (Å²) in [4.78, 5) is 2.48. The van der Waals surface area contributed by atoms with Crippen LogP contribution in [0.15, 0.2) is 29.2 Å². The lowest BCUT2D eigenvalue weighted by atomic mass is 10.1. The molecule has 1 aromatic rings. The summed E-state index contributed by atoms with van der Waals surface area (Å²) in [6, 6.07) is 6.30. The Morgan fingerprint density at radius 3 is 2.33 bits per heavy atom. The van der Waals surface area contributed by atoms with Crippen LogP contribution < -0.4 is 10.5 Å². The van der Waals surface area contributed by atoms with Gasteiger partial charge >= 0.3 is 0 Å². The first-order valence-corrected chi connectivity index (χ1v) is 7.52. The molecular weight excluding hydrogens is 250 g/mol. The van der Waals surface area contributed by atoms with Crippen LogP contribution in [0.3, 0.4) is 0 Å². The van der Waals surface area contributed by atoms with Gasteiger partial charge in [0.15, 0.2) is 0 Å². The van der Waals surface area contributed by atoms with Gasteiger partial charge in [-0.2, -0.15) is 0 Å². The second-order valence-electron chi connectivity index (χ2n) is 4.77. The summed E-state index contributed by atoms with van der Waals surface area (Å²) in [7, 11) is -1.37. The fourth-order valence-electron chi connectivity index (χ4n) is 2.06. The first-order chi connectivity index (χ1) is 8.47. The Morgan fingerprint density at radius 1 is 1.22 bits per heavy atom. The Kier molecular flexibility index (Phi) is 3.89. The second-order valence-corrected chi connectivity index (χ2v) is 6.48. The number of piperidine rings is 1. The molecule has 5 nitrogen and oxygen atoms in total. The third-order valence-electron chi connectivity index (χ3n) is 3.23. The average Bonchev–Trinajstić information content (AvgIpc) is 2.32. The molecule has 1 heterocycles. The van der Waals surface area contributed by atoms with Crippen LogP contribution in [0.4, 0.5) is 5.69 Å². The number of sulfonamides is 1. The van der Waals surface area contributed by atoms with E-state index in [1.54, 1.807) is 12.1 Å². The zero-order valence-electron chi connectivity index (χ0n) is 10.5. The van der Waals surface area contributed by atoms with Crippen molar-refractivity contribution in [1.82, 2.24) is 9.62 Å². The minimum Gasteiger partial charge on any atom is -0.399 e. The van der Waals surface area contributed by atoms with E-state index >= 15 is 0 Å². The largest absolute Gasteiger partial charge is 0.399 e. The highest BCUT2D eigenvalue weighted by molar-refractivity contribution is 7.89. The third kappa shape index (κ3) is 3.22. The number of nitrogens with two attached hydrogens (primary N) is 1. The molecular formula is C12H19N3O2S. The standard InChI is InChI=1S/C12H19N3O2S/c1-15-8-6-11(7-9-15)14-18(16,17)12-4-2-10(13)3-5-12/h2-5,11,14H,6-9,13H2,1H3. The SMILES string of the molecule is CN1CCC(NS(=O)(=O)c2ccc(N)cc2)CC1. The van der Waals surface area contributed by atoms with Crippen molar-refractivity contribution in [3.63, 3.8) is 0 Å². The molecule has 0 atom stereocenters. The zero-order chi connectivity index (χ0) is 13.2. The van der Waals surface area contributed by atoms with Gasteiger partial charge in [0.25, 0.3) is 0 Å². The first-order valence-electron chi connectivity index (χ1n) is 6.04. The van der Waals surface area contributed by atoms with Crippen molar-refractivity contribution in [3.05, 3.63) is 24.3 Å². The highest BCUT2D eigenvalue weighted by atomic mass is 32.2. The highest BCUT2D eigenvalue weighted by Gasteiger charge is 2.23. The normalized spacial score (nSPS) is 18.9. The summed E-state index contributed by atoms with van der Waals surface area (Å²) >= 11 is 0. The molecule has 1 aliphatic heterocycles. The van der Waals surface area contributed by atoms with Crippen molar-refractivity contribution >= 4 is 15.7 Å². The molecule has 0 saturated carbocycles. The van der Waals surface area contributed by atoms with E-state index in [0.717, 1.165) is 25.9 Å². The predicted molar refractivity (Wildman–Crippen MR) is 71.7 cm³/mol. The Labute approximate surface area is 108 Å². The lowest BCUT2D eigenvalue weighted by molar-refractivity contribution is 0.248. The van der Waals surface area contributed by atoms with Crippen LogP contribution in [0.1, 0.15) is 12.8 Å². The number of likely N-dealkylation sites (tertiary alicyclic amines) is 1. The number of benzene rings is 1. The van der Waals surface area contributed by atoms with Crippen LogP contribution in [0.25, 0.3) is 0 Å². The van der Waals surface area contributed by atoms with Crippen molar-refractivity contribution in [1.29, 1.82) is 0 Å². The summed E-state index contributed by atoms with van der Waals surface area (Å²) in [5.41, 5.74) is 6.11. The molecule has 1 aliphatic rings. The number of hydrogen-bond donors (Lipinski definition) is 2. The molecule has 0 unspecified atom stereocenters. The van der Waals surface area contributed by atoms with E-state index in [-0.39, 0.29) is 10.9 Å². The molecule has 3 N–H and O–H groups in total. The molecule has 6 heteroatoms. The lowest BCUT2D eigenvalue weighted by Gasteiger charge is -2.29. The Hall–Kier alpha value is -1.11. The number of hydrogen-bond acceptors (Lipinski definition) is 4. The third-order valence-corrected chi connectivity index (χ3v) is 4.77. The molecule has 0 aliphatic carbocycles. The lowest BCUT2D eigenvalue weighted by Crippen LogP contribution is -2.43. The van der Waals surface area contributed by atoms with E-state index in [1.807, 2.05) is 7.05 Å². The number of nitrogen functional groups attached to an aromatic ring is 1. The fourth-order valence-corrected chi connectivity index (χ4v) is 3.37. The van der Waals surface area contributed by atoms with E-state index in [9.17, 15) is 8.42 Å². The van der Waals surface area contributed by atoms with Gasteiger partial charge < -0.3 is 10.6 Å². The van der Waals surface area contributed by atoms with Gasteiger partial charge in [0.1, 0.15) is 0 Å². The maximum absolute atomic E-state index is 12.1. The monoisotopic (exact) mass is 269 g/mol. The summed E-state index contributed by atoms with van der Waals surface area (Å²) in [6.45, 7) is 1.85. The molecule has 1 saturated heterocycles. The topological polar surface area (TPSA) is 75.4 Å². The van der Waals surface area contributed by atoms with E-state index in [1.165, 1.54) is 12.1 Å². The Morgan fingerprint density at radius 2 is 1.78 bits per heavy atom. The van der Waals surface area contributed by atoms with Gasteiger partial charge in [0, 0.05) is 11.7 Å². The van der Waals surface area contributed by atoms with E-state index in [4.69, 9.17) is 5.73 Å². The molecule has 2 rings (SSSR count). The first kappa shape index (κ1) is 13.3. The average molecular weight is 269 g/mol. The molecule has 1 aromatic carbocycles. The van der Waals surface area contributed by atoms with Gasteiger partial charge in [0.2, 0.25) is 10.0 Å². The molecule has 100 valence electrons. The Bertz CT molecular complexity index is 491. The second kappa shape index (κ2) is 5.26. The molecule has 0 amide bonds. The molecule has 0 radical (unpaired) electrons. The van der Waals surface area contributed by atoms with Crippen LogP contribution in [-0.2, 0) is 10.0 Å². The van der Waals surface area contributed by atoms with Crippen LogP contribution in [0, 0.1) is 0 Å². The summed E-state index contributed by atoms with van der Waals surface area (Å²) in [6.07, 6.45) is 1.70. The number of anilines is 1. The number of nitrogens with one attached hydrogen (secondary N) is 1. The molecule has 0 aromatic heterocycles. The molecule has 0 spiro atoms. The quantitative estimate of drug-likeness (QED) is 0.790. The van der Waals surface area contributed by atoms with Gasteiger partial charge in [-0.3, -0.25) is 0 Å². The minimum atomic E-state index is -3.42. The maximum atomic E-state index is 12.1. The fraction of sp³-hybridized carbons (Fsp3) is 0.500. The van der Waals surface area contributed by atoms with Crippen molar-refractivity contribution in [2.24, 2.45) is 0 Å². The molecule has 18 heavy (non-hydrogen) atoms. The highest BCUT2D eigenvalue weighted by Crippen LogP contribution is 2.15.